The summed E-state index contributed by atoms with van der Waals surface area (Å²) in [5.41, 5.74) is 2.96. The predicted molar refractivity (Wildman–Crippen MR) is 160 cm³/mol. The van der Waals surface area contributed by atoms with Gasteiger partial charge in [-0.05, 0) is 53.1 Å². The molecule has 1 aromatic heterocycles. The number of benzene rings is 2. The molecule has 1 aliphatic rings. The lowest BCUT2D eigenvalue weighted by atomic mass is 9.98. The fourth-order valence-corrected chi connectivity index (χ4v) is 5.92. The molecule has 0 radical (unpaired) electrons. The second-order valence-electron chi connectivity index (χ2n) is 11.0. The van der Waals surface area contributed by atoms with Gasteiger partial charge in [0.05, 0.1) is 36.5 Å². The number of aromatic nitrogens is 2. The first-order valence-corrected chi connectivity index (χ1v) is 14.3. The smallest absolute Gasteiger partial charge is 0.240 e. The average molecular weight is 566 g/mol. The first-order valence-electron chi connectivity index (χ1n) is 13.3. The number of nitrogens with one attached hydrogen (secondary N) is 1. The molecule has 10 heteroatoms. The van der Waals surface area contributed by atoms with Gasteiger partial charge in [0.2, 0.25) is 11.8 Å². The number of carbonyl (C=O) groups is 2. The summed E-state index contributed by atoms with van der Waals surface area (Å²) in [6.07, 6.45) is 0. The minimum atomic E-state index is -0.477. The van der Waals surface area contributed by atoms with Gasteiger partial charge in [0.1, 0.15) is 23.9 Å². The summed E-state index contributed by atoms with van der Waals surface area (Å²) < 4.78 is 13.3. The third-order valence-electron chi connectivity index (χ3n) is 6.67. The number of hydrogen-bond acceptors (Lipinski definition) is 7. The van der Waals surface area contributed by atoms with Gasteiger partial charge in [-0.25, -0.2) is 4.68 Å². The lowest BCUT2D eigenvalue weighted by Crippen LogP contribution is -2.44. The molecule has 0 bridgehead atoms. The molecular weight excluding hydrogens is 526 g/mol. The molecule has 9 nitrogen and oxygen atoms in total. The zero-order valence-electron chi connectivity index (χ0n) is 24.4. The molecule has 1 atom stereocenters. The van der Waals surface area contributed by atoms with E-state index in [-0.39, 0.29) is 29.4 Å². The lowest BCUT2D eigenvalue weighted by Gasteiger charge is -2.29. The fourth-order valence-electron chi connectivity index (χ4n) is 4.70. The molecule has 0 spiro atoms. The normalized spacial score (nSPS) is 15.6. The predicted octanol–water partition coefficient (Wildman–Crippen LogP) is 4.17. The summed E-state index contributed by atoms with van der Waals surface area (Å²) >= 11 is 1.50. The average Bonchev–Trinajstić information content (AvgIpc) is 3.26. The Bertz CT molecular complexity index is 1350. The van der Waals surface area contributed by atoms with Gasteiger partial charge in [-0.2, -0.15) is 5.10 Å². The molecule has 1 aliphatic heterocycles. The van der Waals surface area contributed by atoms with Crippen molar-refractivity contribution < 1.29 is 19.1 Å². The number of ether oxygens (including phenoxy) is 2. The van der Waals surface area contributed by atoms with E-state index < -0.39 is 5.54 Å². The van der Waals surface area contributed by atoms with Gasteiger partial charge in [0.15, 0.2) is 0 Å². The van der Waals surface area contributed by atoms with E-state index in [1.807, 2.05) is 93.0 Å². The summed E-state index contributed by atoms with van der Waals surface area (Å²) in [5.74, 6) is 1.82. The zero-order chi connectivity index (χ0) is 29.0. The van der Waals surface area contributed by atoms with Crippen LogP contribution >= 0.6 is 11.8 Å². The molecule has 0 fully saturated rings. The van der Waals surface area contributed by atoms with E-state index in [1.165, 1.54) is 11.8 Å². The molecule has 214 valence electrons. The summed E-state index contributed by atoms with van der Waals surface area (Å²) in [7, 11) is 7.17. The van der Waals surface area contributed by atoms with Crippen molar-refractivity contribution in [2.75, 3.05) is 58.6 Å². The summed E-state index contributed by atoms with van der Waals surface area (Å²) in [6.45, 7) is 7.25. The van der Waals surface area contributed by atoms with E-state index >= 15 is 0 Å². The van der Waals surface area contributed by atoms with E-state index in [9.17, 15) is 9.59 Å². The lowest BCUT2D eigenvalue weighted by molar-refractivity contribution is -0.123. The summed E-state index contributed by atoms with van der Waals surface area (Å²) in [5, 5.41) is 7.78. The molecule has 2 aromatic carbocycles. The Morgan fingerprint density at radius 3 is 2.48 bits per heavy atom. The molecule has 1 N–H and O–H groups in total. The van der Waals surface area contributed by atoms with Crippen LogP contribution in [0.4, 0.5) is 5.82 Å². The van der Waals surface area contributed by atoms with Crippen molar-refractivity contribution in [1.29, 1.82) is 0 Å². The molecule has 1 unspecified atom stereocenters. The third-order valence-corrected chi connectivity index (χ3v) is 7.91. The number of rotatable bonds is 9. The van der Waals surface area contributed by atoms with Gasteiger partial charge in [-0.3, -0.25) is 14.5 Å². The standard InChI is InChI=1S/C30H39N5O4S/c1-30(2,3)35-29-26(27(32-35)20-11-9-8-10-12-20)28(22-17-21(38-6)13-14-23(22)39-7)40-19-25(37)34(29)18-24(36)31-15-16-33(4)5/h8-14,17,28H,15-16,18-19H2,1-7H3,(H,31,36). The Morgan fingerprint density at radius 1 is 1.12 bits per heavy atom. The van der Waals surface area contributed by atoms with E-state index in [1.54, 1.807) is 19.1 Å². The molecular formula is C30H39N5O4S. The van der Waals surface area contributed by atoms with Crippen molar-refractivity contribution in [3.05, 3.63) is 59.7 Å². The first-order chi connectivity index (χ1) is 19.0. The van der Waals surface area contributed by atoms with Crippen LogP contribution in [-0.2, 0) is 15.1 Å². The van der Waals surface area contributed by atoms with Crippen LogP contribution in [0.5, 0.6) is 11.5 Å². The SMILES string of the molecule is COc1ccc(OC)c(C2SCC(=O)N(CC(=O)NCCN(C)C)c3c2c(-c2ccccc2)nn3C(C)(C)C)c1. The van der Waals surface area contributed by atoms with Gasteiger partial charge in [-0.15, -0.1) is 11.8 Å². The van der Waals surface area contributed by atoms with Crippen LogP contribution in [0.25, 0.3) is 11.3 Å². The van der Waals surface area contributed by atoms with Crippen molar-refractivity contribution in [3.63, 3.8) is 0 Å². The maximum absolute atomic E-state index is 13.8. The Morgan fingerprint density at radius 2 is 1.85 bits per heavy atom. The first kappa shape index (κ1) is 29.5. The second kappa shape index (κ2) is 12.3. The number of amides is 2. The molecule has 0 aliphatic carbocycles. The highest BCUT2D eigenvalue weighted by atomic mass is 32.2. The molecule has 40 heavy (non-hydrogen) atoms. The highest BCUT2D eigenvalue weighted by Gasteiger charge is 2.40. The van der Waals surface area contributed by atoms with Crippen molar-refractivity contribution in [1.82, 2.24) is 20.0 Å². The largest absolute Gasteiger partial charge is 0.497 e. The Balaban J connectivity index is 1.96. The number of carbonyl (C=O) groups excluding carboxylic acids is 2. The summed E-state index contributed by atoms with van der Waals surface area (Å²) in [4.78, 5) is 30.5. The topological polar surface area (TPSA) is 88.9 Å². The zero-order valence-corrected chi connectivity index (χ0v) is 25.2. The van der Waals surface area contributed by atoms with Gasteiger partial charge in [0, 0.05) is 29.8 Å². The fraction of sp³-hybridized carbons (Fsp3) is 0.433. The molecule has 4 rings (SSSR count). The van der Waals surface area contributed by atoms with Gasteiger partial charge in [0.25, 0.3) is 0 Å². The maximum Gasteiger partial charge on any atom is 0.240 e. The number of nitrogens with zero attached hydrogens (tertiary/aromatic N) is 4. The van der Waals surface area contributed by atoms with Crippen LogP contribution < -0.4 is 19.7 Å². The quantitative estimate of drug-likeness (QED) is 0.417. The highest BCUT2D eigenvalue weighted by Crippen LogP contribution is 2.51. The number of methoxy groups -OCH3 is 2. The van der Waals surface area contributed by atoms with E-state index in [0.717, 1.165) is 22.4 Å². The third kappa shape index (κ3) is 6.28. The van der Waals surface area contributed by atoms with Crippen LogP contribution in [-0.4, -0.2) is 80.2 Å². The van der Waals surface area contributed by atoms with Gasteiger partial charge < -0.3 is 19.7 Å². The molecule has 0 saturated carbocycles. The molecule has 2 amide bonds. The highest BCUT2D eigenvalue weighted by molar-refractivity contribution is 8.00. The number of anilines is 1. The van der Waals surface area contributed by atoms with E-state index in [2.05, 4.69) is 5.32 Å². The molecule has 0 saturated heterocycles. The number of thioether (sulfide) groups is 1. The van der Waals surface area contributed by atoms with E-state index in [0.29, 0.717) is 30.4 Å². The van der Waals surface area contributed by atoms with Crippen LogP contribution in [0.1, 0.15) is 37.1 Å². The number of hydrogen-bond donors (Lipinski definition) is 1. The van der Waals surface area contributed by atoms with Crippen LogP contribution in [0.15, 0.2) is 48.5 Å². The molecule has 3 aromatic rings. The maximum atomic E-state index is 13.8. The van der Waals surface area contributed by atoms with Crippen LogP contribution in [0.3, 0.4) is 0 Å². The van der Waals surface area contributed by atoms with Crippen molar-refractivity contribution in [2.24, 2.45) is 0 Å². The number of likely N-dealkylation sites (N-methyl/N-ethyl adjacent to an activating group) is 1. The molecule has 2 heterocycles. The Hall–Kier alpha value is -3.50. The van der Waals surface area contributed by atoms with Crippen LogP contribution in [0, 0.1) is 0 Å². The Labute approximate surface area is 240 Å². The number of fused-ring (bicyclic) bond motifs is 1. The summed E-state index contributed by atoms with van der Waals surface area (Å²) in [6, 6.07) is 15.7. The Kier molecular flexibility index (Phi) is 9.10. The monoisotopic (exact) mass is 565 g/mol. The van der Waals surface area contributed by atoms with Crippen LogP contribution in [0.2, 0.25) is 0 Å². The second-order valence-corrected chi connectivity index (χ2v) is 12.1. The minimum Gasteiger partial charge on any atom is -0.497 e. The van der Waals surface area contributed by atoms with Crippen molar-refractivity contribution in [2.45, 2.75) is 31.6 Å². The van der Waals surface area contributed by atoms with Gasteiger partial charge >= 0.3 is 0 Å². The van der Waals surface area contributed by atoms with Crippen molar-refractivity contribution >= 4 is 29.4 Å². The van der Waals surface area contributed by atoms with Gasteiger partial charge in [-0.1, -0.05) is 30.3 Å². The van der Waals surface area contributed by atoms with E-state index in [4.69, 9.17) is 14.6 Å². The minimum absolute atomic E-state index is 0.0994. The van der Waals surface area contributed by atoms with Crippen molar-refractivity contribution in [3.8, 4) is 22.8 Å².